The van der Waals surface area contributed by atoms with Crippen LogP contribution in [0.2, 0.25) is 0 Å². The van der Waals surface area contributed by atoms with Gasteiger partial charge in [0.2, 0.25) is 10.0 Å². The van der Waals surface area contributed by atoms with E-state index < -0.39 is 15.6 Å². The number of sulfonamides is 1. The first kappa shape index (κ1) is 16.1. The summed E-state index contributed by atoms with van der Waals surface area (Å²) in [4.78, 5) is 0.216. The zero-order valence-corrected chi connectivity index (χ0v) is 13.2. The van der Waals surface area contributed by atoms with Gasteiger partial charge in [-0.05, 0) is 49.6 Å². The molecule has 19 heavy (non-hydrogen) atoms. The van der Waals surface area contributed by atoms with Crippen LogP contribution in [0.15, 0.2) is 23.1 Å². The van der Waals surface area contributed by atoms with Crippen LogP contribution in [0.25, 0.3) is 0 Å². The third-order valence-corrected chi connectivity index (χ3v) is 4.45. The Labute approximate surface area is 115 Å². The fourth-order valence-corrected chi connectivity index (χ4v) is 2.72. The Balaban J connectivity index is 3.59. The summed E-state index contributed by atoms with van der Waals surface area (Å²) in [5.74, 6) is 0. The van der Waals surface area contributed by atoms with Crippen molar-refractivity contribution in [3.63, 3.8) is 0 Å². The molecule has 0 bridgehead atoms. The molecule has 0 aromatic heterocycles. The molecule has 1 aromatic rings. The van der Waals surface area contributed by atoms with Crippen molar-refractivity contribution >= 4 is 10.0 Å². The van der Waals surface area contributed by atoms with E-state index in [1.165, 1.54) is 13.1 Å². The highest BCUT2D eigenvalue weighted by Crippen LogP contribution is 2.34. The van der Waals surface area contributed by atoms with Crippen LogP contribution in [-0.4, -0.2) is 20.6 Å². The minimum Gasteiger partial charge on any atom is -0.386 e. The average molecular weight is 285 g/mol. The molecule has 0 radical (unpaired) electrons. The standard InChI is InChI=1S/C14H23NO3S/c1-13(2,3)12-9-10(19(17,18)15-6)7-8-11(12)14(4,5)16/h7-9,15-16H,1-6H3. The summed E-state index contributed by atoms with van der Waals surface area (Å²) >= 11 is 0. The maximum atomic E-state index is 11.9. The highest BCUT2D eigenvalue weighted by atomic mass is 32.2. The zero-order valence-electron chi connectivity index (χ0n) is 12.4. The lowest BCUT2D eigenvalue weighted by Crippen LogP contribution is -2.26. The fourth-order valence-electron chi connectivity index (χ4n) is 1.96. The van der Waals surface area contributed by atoms with Crippen molar-refractivity contribution in [3.05, 3.63) is 29.3 Å². The van der Waals surface area contributed by atoms with Gasteiger partial charge < -0.3 is 5.11 Å². The van der Waals surface area contributed by atoms with Crippen LogP contribution >= 0.6 is 0 Å². The molecule has 0 saturated heterocycles. The molecule has 0 saturated carbocycles. The Kier molecular flexibility index (Phi) is 4.15. The summed E-state index contributed by atoms with van der Waals surface area (Å²) in [7, 11) is -2.09. The molecular formula is C14H23NO3S. The summed E-state index contributed by atoms with van der Waals surface area (Å²) in [5.41, 5.74) is 0.311. The molecule has 0 aliphatic carbocycles. The molecule has 0 atom stereocenters. The molecule has 0 unspecified atom stereocenters. The average Bonchev–Trinajstić information content (AvgIpc) is 2.26. The molecular weight excluding hydrogens is 262 g/mol. The molecule has 2 N–H and O–H groups in total. The lowest BCUT2D eigenvalue weighted by Gasteiger charge is -2.29. The summed E-state index contributed by atoms with van der Waals surface area (Å²) in [5, 5.41) is 10.2. The quantitative estimate of drug-likeness (QED) is 0.894. The lowest BCUT2D eigenvalue weighted by atomic mass is 9.79. The lowest BCUT2D eigenvalue weighted by molar-refractivity contribution is 0.0765. The van der Waals surface area contributed by atoms with Crippen molar-refractivity contribution in [2.75, 3.05) is 7.05 Å². The molecule has 0 aliphatic rings. The Hall–Kier alpha value is -0.910. The van der Waals surface area contributed by atoms with Crippen LogP contribution in [0.3, 0.4) is 0 Å². The van der Waals surface area contributed by atoms with Gasteiger partial charge in [0.1, 0.15) is 0 Å². The van der Waals surface area contributed by atoms with E-state index in [1.54, 1.807) is 26.0 Å². The molecule has 0 amide bonds. The van der Waals surface area contributed by atoms with Crippen LogP contribution in [0.4, 0.5) is 0 Å². The Bertz CT molecular complexity index is 563. The van der Waals surface area contributed by atoms with Gasteiger partial charge in [0, 0.05) is 0 Å². The molecule has 1 rings (SSSR count). The molecule has 0 spiro atoms. The highest BCUT2D eigenvalue weighted by Gasteiger charge is 2.28. The number of nitrogens with one attached hydrogen (secondary N) is 1. The van der Waals surface area contributed by atoms with Crippen molar-refractivity contribution in [1.29, 1.82) is 0 Å². The minimum atomic E-state index is -3.47. The maximum absolute atomic E-state index is 11.9. The van der Waals surface area contributed by atoms with Crippen LogP contribution in [0, 0.1) is 0 Å². The van der Waals surface area contributed by atoms with Crippen molar-refractivity contribution in [3.8, 4) is 0 Å². The largest absolute Gasteiger partial charge is 0.386 e. The molecule has 1 aromatic carbocycles. The molecule has 0 fully saturated rings. The summed E-state index contributed by atoms with van der Waals surface area (Å²) in [6.45, 7) is 9.38. The number of hydrogen-bond acceptors (Lipinski definition) is 3. The third-order valence-electron chi connectivity index (χ3n) is 3.04. The van der Waals surface area contributed by atoms with Crippen molar-refractivity contribution in [2.24, 2.45) is 0 Å². The van der Waals surface area contributed by atoms with Gasteiger partial charge in [-0.25, -0.2) is 13.1 Å². The van der Waals surface area contributed by atoms with Crippen LogP contribution in [0.5, 0.6) is 0 Å². The third kappa shape index (κ3) is 3.55. The second-order valence-corrected chi connectivity index (χ2v) is 8.11. The van der Waals surface area contributed by atoms with E-state index in [4.69, 9.17) is 0 Å². The maximum Gasteiger partial charge on any atom is 0.240 e. The number of hydrogen-bond donors (Lipinski definition) is 2. The normalized spacial score (nSPS) is 13.6. The van der Waals surface area contributed by atoms with Crippen molar-refractivity contribution < 1.29 is 13.5 Å². The smallest absolute Gasteiger partial charge is 0.240 e. The van der Waals surface area contributed by atoms with Gasteiger partial charge in [0.25, 0.3) is 0 Å². The first-order chi connectivity index (χ1) is 8.39. The molecule has 0 heterocycles. The summed E-state index contributed by atoms with van der Waals surface area (Å²) in [6.07, 6.45) is 0. The van der Waals surface area contributed by atoms with Gasteiger partial charge in [-0.3, -0.25) is 0 Å². The Morgan fingerprint density at radius 2 is 1.58 bits per heavy atom. The van der Waals surface area contributed by atoms with Gasteiger partial charge >= 0.3 is 0 Å². The molecule has 5 heteroatoms. The van der Waals surface area contributed by atoms with E-state index in [0.717, 1.165) is 11.1 Å². The van der Waals surface area contributed by atoms with E-state index in [1.807, 2.05) is 20.8 Å². The van der Waals surface area contributed by atoms with Gasteiger partial charge in [-0.2, -0.15) is 0 Å². The van der Waals surface area contributed by atoms with Crippen molar-refractivity contribution in [1.82, 2.24) is 4.72 Å². The van der Waals surface area contributed by atoms with Crippen LogP contribution in [0.1, 0.15) is 45.7 Å². The molecule has 108 valence electrons. The predicted molar refractivity (Wildman–Crippen MR) is 76.6 cm³/mol. The van der Waals surface area contributed by atoms with Crippen LogP contribution < -0.4 is 4.72 Å². The highest BCUT2D eigenvalue weighted by molar-refractivity contribution is 7.89. The van der Waals surface area contributed by atoms with E-state index in [9.17, 15) is 13.5 Å². The monoisotopic (exact) mass is 285 g/mol. The second-order valence-electron chi connectivity index (χ2n) is 6.22. The van der Waals surface area contributed by atoms with E-state index in [-0.39, 0.29) is 10.3 Å². The van der Waals surface area contributed by atoms with Gasteiger partial charge in [-0.15, -0.1) is 0 Å². The van der Waals surface area contributed by atoms with Crippen LogP contribution in [-0.2, 0) is 21.0 Å². The SMILES string of the molecule is CNS(=O)(=O)c1ccc(C(C)(C)O)c(C(C)(C)C)c1. The number of benzene rings is 1. The predicted octanol–water partition coefficient (Wildman–Crippen LogP) is 2.12. The molecule has 0 aliphatic heterocycles. The Morgan fingerprint density at radius 3 is 1.95 bits per heavy atom. The number of aliphatic hydroxyl groups is 1. The fraction of sp³-hybridized carbons (Fsp3) is 0.571. The van der Waals surface area contributed by atoms with Gasteiger partial charge in [0.15, 0.2) is 0 Å². The number of rotatable bonds is 3. The molecule has 4 nitrogen and oxygen atoms in total. The zero-order chi connectivity index (χ0) is 15.1. The van der Waals surface area contributed by atoms with Crippen molar-refractivity contribution in [2.45, 2.75) is 50.5 Å². The van der Waals surface area contributed by atoms with E-state index in [2.05, 4.69) is 4.72 Å². The van der Waals surface area contributed by atoms with E-state index in [0.29, 0.717) is 0 Å². The minimum absolute atomic E-state index is 0.216. The van der Waals surface area contributed by atoms with Gasteiger partial charge in [0.05, 0.1) is 10.5 Å². The second kappa shape index (κ2) is 4.89. The summed E-state index contributed by atoms with van der Waals surface area (Å²) in [6, 6.07) is 4.85. The Morgan fingerprint density at radius 1 is 1.05 bits per heavy atom. The first-order valence-electron chi connectivity index (χ1n) is 6.20. The topological polar surface area (TPSA) is 66.4 Å². The first-order valence-corrected chi connectivity index (χ1v) is 7.69. The van der Waals surface area contributed by atoms with Gasteiger partial charge in [-0.1, -0.05) is 26.8 Å². The summed E-state index contributed by atoms with van der Waals surface area (Å²) < 4.78 is 26.0. The van der Waals surface area contributed by atoms with E-state index >= 15 is 0 Å².